The molecule has 2 heterocycles. The van der Waals surface area contributed by atoms with E-state index in [1.165, 1.54) is 11.8 Å². The van der Waals surface area contributed by atoms with Crippen molar-refractivity contribution in [3.63, 3.8) is 0 Å². The molecule has 9 nitrogen and oxygen atoms in total. The Kier molecular flexibility index (Phi) is 7.38. The van der Waals surface area contributed by atoms with E-state index in [0.29, 0.717) is 35.3 Å². The SMILES string of the molecule is CCOC(=O)c1ccc(NC(=O)CSc2nnc3ccc(-c4ccc(OCC)cc4)nn23)cc1. The minimum atomic E-state index is -0.397. The van der Waals surface area contributed by atoms with Crippen LogP contribution in [0.15, 0.2) is 65.8 Å². The predicted molar refractivity (Wildman–Crippen MR) is 129 cm³/mol. The second-order valence-electron chi connectivity index (χ2n) is 7.06. The third kappa shape index (κ3) is 5.52. The van der Waals surface area contributed by atoms with E-state index < -0.39 is 5.97 Å². The number of hydrogen-bond donors (Lipinski definition) is 1. The van der Waals surface area contributed by atoms with Crippen LogP contribution in [0.3, 0.4) is 0 Å². The Labute approximate surface area is 200 Å². The molecule has 0 fully saturated rings. The Morgan fingerprint density at radius 2 is 1.71 bits per heavy atom. The Bertz CT molecular complexity index is 1290. The van der Waals surface area contributed by atoms with Crippen molar-refractivity contribution < 1.29 is 19.1 Å². The highest BCUT2D eigenvalue weighted by Gasteiger charge is 2.13. The second kappa shape index (κ2) is 10.8. The molecule has 0 atom stereocenters. The molecule has 0 bridgehead atoms. The summed E-state index contributed by atoms with van der Waals surface area (Å²) in [6.45, 7) is 4.61. The molecule has 4 rings (SSSR count). The molecule has 1 N–H and O–H groups in total. The smallest absolute Gasteiger partial charge is 0.338 e. The van der Waals surface area contributed by atoms with E-state index in [4.69, 9.17) is 9.47 Å². The van der Waals surface area contributed by atoms with Gasteiger partial charge in [0.05, 0.1) is 30.2 Å². The highest BCUT2D eigenvalue weighted by Crippen LogP contribution is 2.23. The number of anilines is 1. The fraction of sp³-hybridized carbons (Fsp3) is 0.208. The number of fused-ring (bicyclic) bond motifs is 1. The lowest BCUT2D eigenvalue weighted by Gasteiger charge is -2.07. The molecule has 0 aliphatic rings. The molecule has 0 radical (unpaired) electrons. The topological polar surface area (TPSA) is 108 Å². The van der Waals surface area contributed by atoms with Crippen LogP contribution < -0.4 is 10.1 Å². The van der Waals surface area contributed by atoms with Crippen molar-refractivity contribution >= 4 is 35.0 Å². The summed E-state index contributed by atoms with van der Waals surface area (Å²) >= 11 is 1.23. The number of benzene rings is 2. The third-order valence-electron chi connectivity index (χ3n) is 4.71. The lowest BCUT2D eigenvalue weighted by Crippen LogP contribution is -2.14. The normalized spacial score (nSPS) is 10.8. The number of ether oxygens (including phenoxy) is 2. The summed E-state index contributed by atoms with van der Waals surface area (Å²) in [6.07, 6.45) is 0. The van der Waals surface area contributed by atoms with Crippen LogP contribution in [0.25, 0.3) is 16.9 Å². The molecule has 2 aromatic carbocycles. The molecule has 0 aliphatic heterocycles. The van der Waals surface area contributed by atoms with Crippen LogP contribution in [0.1, 0.15) is 24.2 Å². The Balaban J connectivity index is 1.40. The molecule has 0 unspecified atom stereocenters. The zero-order chi connectivity index (χ0) is 23.9. The molecule has 1 amide bonds. The van der Waals surface area contributed by atoms with Crippen LogP contribution in [0.4, 0.5) is 5.69 Å². The number of thioether (sulfide) groups is 1. The monoisotopic (exact) mass is 477 g/mol. The quantitative estimate of drug-likeness (QED) is 0.284. The number of rotatable bonds is 9. The van der Waals surface area contributed by atoms with Crippen molar-refractivity contribution in [3.05, 3.63) is 66.2 Å². The Morgan fingerprint density at radius 3 is 2.41 bits per heavy atom. The number of carbonyl (C=O) groups is 2. The maximum absolute atomic E-state index is 12.4. The van der Waals surface area contributed by atoms with Gasteiger partial charge in [0.1, 0.15) is 5.75 Å². The molecular formula is C24H23N5O4S. The van der Waals surface area contributed by atoms with Crippen LogP contribution in [0, 0.1) is 0 Å². The summed E-state index contributed by atoms with van der Waals surface area (Å²) in [7, 11) is 0. The first-order valence-corrected chi connectivity index (χ1v) is 11.7. The van der Waals surface area contributed by atoms with E-state index in [0.717, 1.165) is 17.0 Å². The van der Waals surface area contributed by atoms with Crippen molar-refractivity contribution in [1.29, 1.82) is 0 Å². The van der Waals surface area contributed by atoms with Gasteiger partial charge in [-0.3, -0.25) is 4.79 Å². The number of nitrogens with zero attached hydrogens (tertiary/aromatic N) is 4. The van der Waals surface area contributed by atoms with E-state index in [2.05, 4.69) is 20.6 Å². The van der Waals surface area contributed by atoms with Gasteiger partial charge in [0.25, 0.3) is 0 Å². The summed E-state index contributed by atoms with van der Waals surface area (Å²) in [5, 5.41) is 16.2. The van der Waals surface area contributed by atoms with E-state index >= 15 is 0 Å². The van der Waals surface area contributed by atoms with Crippen molar-refractivity contribution in [2.45, 2.75) is 19.0 Å². The molecule has 2 aromatic heterocycles. The van der Waals surface area contributed by atoms with Gasteiger partial charge < -0.3 is 14.8 Å². The zero-order valence-electron chi connectivity index (χ0n) is 18.7. The molecule has 4 aromatic rings. The minimum Gasteiger partial charge on any atom is -0.494 e. The first kappa shape index (κ1) is 23.2. The number of hydrogen-bond acceptors (Lipinski definition) is 8. The maximum Gasteiger partial charge on any atom is 0.338 e. The van der Waals surface area contributed by atoms with Gasteiger partial charge in [-0.1, -0.05) is 11.8 Å². The highest BCUT2D eigenvalue weighted by atomic mass is 32.2. The lowest BCUT2D eigenvalue weighted by atomic mass is 10.1. The van der Waals surface area contributed by atoms with Gasteiger partial charge in [0, 0.05) is 11.3 Å². The first-order valence-electron chi connectivity index (χ1n) is 10.7. The molecule has 0 saturated heterocycles. The van der Waals surface area contributed by atoms with E-state index in [-0.39, 0.29) is 11.7 Å². The van der Waals surface area contributed by atoms with Crippen LogP contribution in [0.5, 0.6) is 5.75 Å². The summed E-state index contributed by atoms with van der Waals surface area (Å²) in [5.41, 5.74) is 3.29. The predicted octanol–water partition coefficient (Wildman–Crippen LogP) is 4.10. The molecular weight excluding hydrogens is 454 g/mol. The molecule has 0 spiro atoms. The summed E-state index contributed by atoms with van der Waals surface area (Å²) in [5.74, 6) is 0.310. The van der Waals surface area contributed by atoms with Crippen molar-refractivity contribution in [2.24, 2.45) is 0 Å². The van der Waals surface area contributed by atoms with Gasteiger partial charge in [-0.05, 0) is 74.5 Å². The van der Waals surface area contributed by atoms with Gasteiger partial charge >= 0.3 is 5.97 Å². The lowest BCUT2D eigenvalue weighted by molar-refractivity contribution is -0.113. The van der Waals surface area contributed by atoms with Crippen LogP contribution in [-0.4, -0.2) is 50.7 Å². The minimum absolute atomic E-state index is 0.120. The maximum atomic E-state index is 12.4. The van der Waals surface area contributed by atoms with E-state index in [9.17, 15) is 9.59 Å². The summed E-state index contributed by atoms with van der Waals surface area (Å²) in [6, 6.07) is 17.9. The molecule has 34 heavy (non-hydrogen) atoms. The molecule has 0 aliphatic carbocycles. The second-order valence-corrected chi connectivity index (χ2v) is 8.01. The average Bonchev–Trinajstić information content (AvgIpc) is 3.26. The van der Waals surface area contributed by atoms with Crippen molar-refractivity contribution in [1.82, 2.24) is 19.8 Å². The highest BCUT2D eigenvalue weighted by molar-refractivity contribution is 7.99. The largest absolute Gasteiger partial charge is 0.494 e. The van der Waals surface area contributed by atoms with Gasteiger partial charge in [-0.2, -0.15) is 9.61 Å². The van der Waals surface area contributed by atoms with Crippen molar-refractivity contribution in [3.8, 4) is 17.0 Å². The van der Waals surface area contributed by atoms with Gasteiger partial charge in [0.15, 0.2) is 5.65 Å². The Morgan fingerprint density at radius 1 is 0.941 bits per heavy atom. The summed E-state index contributed by atoms with van der Waals surface area (Å²) < 4.78 is 12.1. The van der Waals surface area contributed by atoms with Gasteiger partial charge in [-0.25, -0.2) is 4.79 Å². The van der Waals surface area contributed by atoms with E-state index in [1.807, 2.05) is 43.3 Å². The standard InChI is InChI=1S/C24H23N5O4S/c1-3-32-19-11-7-16(8-12-19)20-13-14-21-26-27-24(29(21)28-20)34-15-22(30)25-18-9-5-17(6-10-18)23(31)33-4-2/h5-14H,3-4,15H2,1-2H3,(H,25,30). The first-order chi connectivity index (χ1) is 16.6. The van der Waals surface area contributed by atoms with Crippen LogP contribution in [0.2, 0.25) is 0 Å². The van der Waals surface area contributed by atoms with Gasteiger partial charge in [-0.15, -0.1) is 10.2 Å². The van der Waals surface area contributed by atoms with Crippen LogP contribution >= 0.6 is 11.8 Å². The summed E-state index contributed by atoms with van der Waals surface area (Å²) in [4.78, 5) is 24.2. The fourth-order valence-corrected chi connectivity index (χ4v) is 3.82. The number of esters is 1. The molecule has 174 valence electrons. The Hall–Kier alpha value is -3.92. The number of carbonyl (C=O) groups excluding carboxylic acids is 2. The van der Waals surface area contributed by atoms with Crippen LogP contribution in [-0.2, 0) is 9.53 Å². The zero-order valence-corrected chi connectivity index (χ0v) is 19.5. The van der Waals surface area contributed by atoms with E-state index in [1.54, 1.807) is 35.7 Å². The van der Waals surface area contributed by atoms with Crippen molar-refractivity contribution in [2.75, 3.05) is 24.3 Å². The average molecular weight is 478 g/mol. The number of nitrogens with one attached hydrogen (secondary N) is 1. The molecule has 10 heteroatoms. The number of aromatic nitrogens is 4. The molecule has 0 saturated carbocycles. The number of amides is 1. The third-order valence-corrected chi connectivity index (χ3v) is 5.63. The van der Waals surface area contributed by atoms with Gasteiger partial charge in [0.2, 0.25) is 11.1 Å². The fourth-order valence-electron chi connectivity index (χ4n) is 3.13.